The van der Waals surface area contributed by atoms with Gasteiger partial charge in [0, 0.05) is 0 Å². The van der Waals surface area contributed by atoms with Crippen LogP contribution in [0.15, 0.2) is 18.2 Å². The van der Waals surface area contributed by atoms with Crippen LogP contribution in [-0.4, -0.2) is 26.1 Å². The number of halogens is 2. The van der Waals surface area contributed by atoms with Crippen molar-refractivity contribution in [3.8, 4) is 5.69 Å². The molecule has 5 nitrogen and oxygen atoms in total. The van der Waals surface area contributed by atoms with Gasteiger partial charge in [0.1, 0.15) is 5.69 Å². The van der Waals surface area contributed by atoms with Crippen molar-refractivity contribution in [2.45, 2.75) is 19.8 Å². The molecule has 0 unspecified atom stereocenters. The van der Waals surface area contributed by atoms with Crippen LogP contribution >= 0.6 is 0 Å². The maximum atomic E-state index is 13.7. The summed E-state index contributed by atoms with van der Waals surface area (Å²) in [4.78, 5) is 11.0. The minimum absolute atomic E-state index is 0.180. The summed E-state index contributed by atoms with van der Waals surface area (Å²) in [5.74, 6) is -2.91. The molecule has 7 heteroatoms. The summed E-state index contributed by atoms with van der Waals surface area (Å²) >= 11 is 0. The van der Waals surface area contributed by atoms with Crippen molar-refractivity contribution in [2.24, 2.45) is 0 Å². The SMILES string of the molecule is CCCc1c(C(=O)O)nnn1-c1c(F)cccc1F. The lowest BCUT2D eigenvalue weighted by Crippen LogP contribution is -2.09. The number of para-hydroxylation sites is 1. The van der Waals surface area contributed by atoms with Crippen LogP contribution in [0.3, 0.4) is 0 Å². The van der Waals surface area contributed by atoms with Gasteiger partial charge < -0.3 is 5.11 Å². The first-order chi connectivity index (χ1) is 9.06. The molecule has 0 aliphatic heterocycles. The van der Waals surface area contributed by atoms with Gasteiger partial charge in [0.25, 0.3) is 0 Å². The number of nitrogens with zero attached hydrogens (tertiary/aromatic N) is 3. The van der Waals surface area contributed by atoms with Gasteiger partial charge in [-0.2, -0.15) is 0 Å². The van der Waals surface area contributed by atoms with Gasteiger partial charge in [-0.15, -0.1) is 5.10 Å². The Morgan fingerprint density at radius 1 is 1.37 bits per heavy atom. The lowest BCUT2D eigenvalue weighted by Gasteiger charge is -2.08. The van der Waals surface area contributed by atoms with Gasteiger partial charge >= 0.3 is 5.97 Å². The second-order valence-electron chi connectivity index (χ2n) is 3.92. The van der Waals surface area contributed by atoms with E-state index in [-0.39, 0.29) is 11.4 Å². The summed E-state index contributed by atoms with van der Waals surface area (Å²) in [6, 6.07) is 3.38. The van der Waals surface area contributed by atoms with Crippen molar-refractivity contribution in [3.05, 3.63) is 41.2 Å². The molecule has 100 valence electrons. The molecule has 0 radical (unpaired) electrons. The second kappa shape index (κ2) is 5.13. The number of hydrogen-bond donors (Lipinski definition) is 1. The molecule has 0 fully saturated rings. The Balaban J connectivity index is 2.65. The monoisotopic (exact) mass is 267 g/mol. The summed E-state index contributed by atoms with van der Waals surface area (Å²) in [7, 11) is 0. The third-order valence-electron chi connectivity index (χ3n) is 2.60. The Bertz CT molecular complexity index is 605. The highest BCUT2D eigenvalue weighted by atomic mass is 19.1. The number of carbonyl (C=O) groups is 1. The predicted octanol–water partition coefficient (Wildman–Crippen LogP) is 2.20. The Morgan fingerprint density at radius 2 is 2.00 bits per heavy atom. The molecule has 0 spiro atoms. The molecule has 2 aromatic rings. The Hall–Kier alpha value is -2.31. The highest BCUT2D eigenvalue weighted by molar-refractivity contribution is 5.86. The summed E-state index contributed by atoms with van der Waals surface area (Å²) < 4.78 is 28.3. The Kier molecular flexibility index (Phi) is 3.55. The van der Waals surface area contributed by atoms with E-state index in [1.165, 1.54) is 6.07 Å². The number of aromatic nitrogens is 3. The van der Waals surface area contributed by atoms with Gasteiger partial charge in [-0.25, -0.2) is 18.3 Å². The van der Waals surface area contributed by atoms with Gasteiger partial charge in [0.15, 0.2) is 17.3 Å². The quantitative estimate of drug-likeness (QED) is 0.922. The van der Waals surface area contributed by atoms with Gasteiger partial charge in [-0.1, -0.05) is 24.6 Å². The molecule has 1 N–H and O–H groups in total. The third kappa shape index (κ3) is 2.31. The van der Waals surface area contributed by atoms with E-state index in [4.69, 9.17) is 5.11 Å². The zero-order valence-electron chi connectivity index (χ0n) is 10.1. The minimum atomic E-state index is -1.27. The van der Waals surface area contributed by atoms with E-state index >= 15 is 0 Å². The normalized spacial score (nSPS) is 10.7. The maximum Gasteiger partial charge on any atom is 0.358 e. The molecule has 0 bridgehead atoms. The average molecular weight is 267 g/mol. The van der Waals surface area contributed by atoms with Crippen LogP contribution in [0.2, 0.25) is 0 Å². The first kappa shape index (κ1) is 13.1. The van der Waals surface area contributed by atoms with Crippen molar-refractivity contribution >= 4 is 5.97 Å². The zero-order chi connectivity index (χ0) is 14.0. The lowest BCUT2D eigenvalue weighted by atomic mass is 10.2. The Labute approximate surface area is 107 Å². The van der Waals surface area contributed by atoms with E-state index in [1.54, 1.807) is 0 Å². The molecule has 1 aromatic heterocycles. The first-order valence-electron chi connectivity index (χ1n) is 5.68. The molecule has 0 atom stereocenters. The van der Waals surface area contributed by atoms with E-state index in [0.29, 0.717) is 12.8 Å². The van der Waals surface area contributed by atoms with Crippen LogP contribution in [0.1, 0.15) is 29.5 Å². The number of carboxylic acid groups (broad SMARTS) is 1. The number of aromatic carboxylic acids is 1. The van der Waals surface area contributed by atoms with Crippen molar-refractivity contribution in [2.75, 3.05) is 0 Å². The number of benzene rings is 1. The fraction of sp³-hybridized carbons (Fsp3) is 0.250. The van der Waals surface area contributed by atoms with Gasteiger partial charge in [0.05, 0.1) is 5.69 Å². The zero-order valence-corrected chi connectivity index (χ0v) is 10.1. The largest absolute Gasteiger partial charge is 0.476 e. The van der Waals surface area contributed by atoms with E-state index < -0.39 is 23.3 Å². The smallest absolute Gasteiger partial charge is 0.358 e. The van der Waals surface area contributed by atoms with Crippen LogP contribution in [-0.2, 0) is 6.42 Å². The molecule has 0 aliphatic rings. The van der Waals surface area contributed by atoms with E-state index in [1.807, 2.05) is 6.92 Å². The van der Waals surface area contributed by atoms with Crippen LogP contribution in [0.4, 0.5) is 8.78 Å². The van der Waals surface area contributed by atoms with Crippen molar-refractivity contribution in [1.29, 1.82) is 0 Å². The molecule has 0 amide bonds. The summed E-state index contributed by atoms with van der Waals surface area (Å²) in [5.41, 5.74) is -0.519. The van der Waals surface area contributed by atoms with Gasteiger partial charge in [-0.3, -0.25) is 0 Å². The number of rotatable bonds is 4. The summed E-state index contributed by atoms with van der Waals surface area (Å²) in [5, 5.41) is 16.0. The van der Waals surface area contributed by atoms with Gasteiger partial charge in [0.2, 0.25) is 0 Å². The lowest BCUT2D eigenvalue weighted by molar-refractivity contribution is 0.0689. The maximum absolute atomic E-state index is 13.7. The van der Waals surface area contributed by atoms with E-state index in [2.05, 4.69) is 10.3 Å². The fourth-order valence-electron chi connectivity index (χ4n) is 1.80. The molecule has 2 rings (SSSR count). The van der Waals surface area contributed by atoms with Crippen molar-refractivity contribution in [1.82, 2.24) is 15.0 Å². The molecule has 1 aromatic carbocycles. The molecule has 19 heavy (non-hydrogen) atoms. The summed E-state index contributed by atoms with van der Waals surface area (Å²) in [6.45, 7) is 1.82. The molecule has 0 saturated heterocycles. The average Bonchev–Trinajstić information content (AvgIpc) is 2.73. The minimum Gasteiger partial charge on any atom is -0.476 e. The highest BCUT2D eigenvalue weighted by Gasteiger charge is 2.22. The van der Waals surface area contributed by atoms with Crippen molar-refractivity contribution in [3.63, 3.8) is 0 Å². The third-order valence-corrected chi connectivity index (χ3v) is 2.60. The predicted molar refractivity (Wildman–Crippen MR) is 62.2 cm³/mol. The van der Waals surface area contributed by atoms with E-state index in [9.17, 15) is 13.6 Å². The van der Waals surface area contributed by atoms with Crippen LogP contribution in [0.5, 0.6) is 0 Å². The molecular formula is C12H11F2N3O2. The van der Waals surface area contributed by atoms with E-state index in [0.717, 1.165) is 16.8 Å². The van der Waals surface area contributed by atoms with Crippen LogP contribution in [0.25, 0.3) is 5.69 Å². The molecule has 0 aliphatic carbocycles. The standard InChI is InChI=1S/C12H11F2N3O2/c1-2-4-9-10(12(18)19)15-16-17(9)11-7(13)5-3-6-8(11)14/h3,5-6H,2,4H2,1H3,(H,18,19). The van der Waals surface area contributed by atoms with Crippen LogP contribution in [0, 0.1) is 11.6 Å². The highest BCUT2D eigenvalue weighted by Crippen LogP contribution is 2.20. The number of hydrogen-bond acceptors (Lipinski definition) is 3. The van der Waals surface area contributed by atoms with Crippen LogP contribution < -0.4 is 0 Å². The topological polar surface area (TPSA) is 68.0 Å². The Morgan fingerprint density at radius 3 is 2.53 bits per heavy atom. The summed E-state index contributed by atoms with van der Waals surface area (Å²) in [6.07, 6.45) is 0.909. The fourth-order valence-corrected chi connectivity index (χ4v) is 1.80. The van der Waals surface area contributed by atoms with Crippen molar-refractivity contribution < 1.29 is 18.7 Å². The van der Waals surface area contributed by atoms with Gasteiger partial charge in [-0.05, 0) is 18.6 Å². The molecular weight excluding hydrogens is 256 g/mol. The first-order valence-corrected chi connectivity index (χ1v) is 5.68. The molecule has 0 saturated carbocycles. The second-order valence-corrected chi connectivity index (χ2v) is 3.92. The number of carboxylic acids is 1. The molecule has 1 heterocycles.